The smallest absolute Gasteiger partial charge is 0.251 e. The van der Waals surface area contributed by atoms with Crippen molar-refractivity contribution in [3.05, 3.63) is 39.0 Å². The molecule has 0 radical (unpaired) electrons. The predicted octanol–water partition coefficient (Wildman–Crippen LogP) is 1.66. The van der Waals surface area contributed by atoms with Crippen LogP contribution in [0, 0.1) is 10.5 Å². The number of aromatic hydroxyl groups is 1. The SMILES string of the molecule is Cc1nc(CCNC(=O)c2ccc(I)c(O)c2)no1. The van der Waals surface area contributed by atoms with Crippen LogP contribution in [0.2, 0.25) is 0 Å². The van der Waals surface area contributed by atoms with Crippen LogP contribution in [0.25, 0.3) is 0 Å². The van der Waals surface area contributed by atoms with Crippen molar-refractivity contribution in [3.8, 4) is 5.75 Å². The van der Waals surface area contributed by atoms with E-state index in [1.165, 1.54) is 6.07 Å². The van der Waals surface area contributed by atoms with Gasteiger partial charge in [0.1, 0.15) is 5.75 Å². The van der Waals surface area contributed by atoms with Gasteiger partial charge in [0, 0.05) is 25.5 Å². The molecule has 1 aromatic carbocycles. The summed E-state index contributed by atoms with van der Waals surface area (Å²) < 4.78 is 5.53. The fourth-order valence-electron chi connectivity index (χ4n) is 1.49. The molecule has 0 unspecified atom stereocenters. The maximum Gasteiger partial charge on any atom is 0.251 e. The number of benzene rings is 1. The van der Waals surface area contributed by atoms with Crippen LogP contribution in [0.5, 0.6) is 5.75 Å². The number of carbonyl (C=O) groups excluding carboxylic acids is 1. The topological polar surface area (TPSA) is 88.2 Å². The van der Waals surface area contributed by atoms with E-state index in [0.717, 1.165) is 0 Å². The molecule has 19 heavy (non-hydrogen) atoms. The molecule has 0 atom stereocenters. The number of rotatable bonds is 4. The molecular formula is C12H12IN3O3. The van der Waals surface area contributed by atoms with E-state index in [9.17, 15) is 9.90 Å². The van der Waals surface area contributed by atoms with Crippen molar-refractivity contribution in [3.63, 3.8) is 0 Å². The molecule has 0 aliphatic rings. The number of nitrogens with zero attached hydrogens (tertiary/aromatic N) is 2. The normalized spacial score (nSPS) is 10.4. The van der Waals surface area contributed by atoms with Crippen molar-refractivity contribution < 1.29 is 14.4 Å². The third-order valence-corrected chi connectivity index (χ3v) is 3.32. The molecule has 1 amide bonds. The second kappa shape index (κ2) is 6.00. The summed E-state index contributed by atoms with van der Waals surface area (Å²) in [6.07, 6.45) is 0.499. The fourth-order valence-corrected chi connectivity index (χ4v) is 1.82. The first kappa shape index (κ1) is 13.8. The van der Waals surface area contributed by atoms with Gasteiger partial charge >= 0.3 is 0 Å². The van der Waals surface area contributed by atoms with E-state index in [1.54, 1.807) is 19.1 Å². The zero-order valence-electron chi connectivity index (χ0n) is 10.2. The molecule has 6 nitrogen and oxygen atoms in total. The first-order valence-electron chi connectivity index (χ1n) is 5.62. The summed E-state index contributed by atoms with van der Waals surface area (Å²) in [5.41, 5.74) is 0.419. The molecular weight excluding hydrogens is 361 g/mol. The van der Waals surface area contributed by atoms with Gasteiger partial charge in [0.15, 0.2) is 5.82 Å². The summed E-state index contributed by atoms with van der Waals surface area (Å²) >= 11 is 1.99. The Kier molecular flexibility index (Phi) is 4.35. The van der Waals surface area contributed by atoms with Crippen LogP contribution >= 0.6 is 22.6 Å². The third-order valence-electron chi connectivity index (χ3n) is 2.41. The standard InChI is InChI=1S/C12H12IN3O3/c1-7-15-11(16-19-7)4-5-14-12(18)8-2-3-9(13)10(17)6-8/h2-3,6,17H,4-5H2,1H3,(H,14,18). The van der Waals surface area contributed by atoms with Crippen LogP contribution in [0.15, 0.2) is 22.7 Å². The van der Waals surface area contributed by atoms with E-state index in [4.69, 9.17) is 4.52 Å². The monoisotopic (exact) mass is 373 g/mol. The Bertz CT molecular complexity index is 598. The average molecular weight is 373 g/mol. The highest BCUT2D eigenvalue weighted by Crippen LogP contribution is 2.20. The maximum absolute atomic E-state index is 11.8. The molecule has 0 saturated carbocycles. The van der Waals surface area contributed by atoms with Crippen LogP contribution in [0.3, 0.4) is 0 Å². The summed E-state index contributed by atoms with van der Waals surface area (Å²) in [5.74, 6) is 0.918. The Hall–Kier alpha value is -1.64. The molecule has 2 N–H and O–H groups in total. The van der Waals surface area contributed by atoms with Crippen LogP contribution in [0.4, 0.5) is 0 Å². The lowest BCUT2D eigenvalue weighted by molar-refractivity contribution is 0.0953. The molecule has 0 aliphatic heterocycles. The number of hydrogen-bond acceptors (Lipinski definition) is 5. The second-order valence-corrected chi connectivity index (χ2v) is 5.06. The molecule has 1 heterocycles. The molecule has 1 aromatic heterocycles. The van der Waals surface area contributed by atoms with Crippen molar-refractivity contribution >= 4 is 28.5 Å². The minimum Gasteiger partial charge on any atom is -0.507 e. The number of phenolic OH excluding ortho intramolecular Hbond substituents is 1. The van der Waals surface area contributed by atoms with Crippen LogP contribution in [-0.2, 0) is 6.42 Å². The number of phenols is 1. The van der Waals surface area contributed by atoms with E-state index >= 15 is 0 Å². The molecule has 0 spiro atoms. The Morgan fingerprint density at radius 3 is 2.95 bits per heavy atom. The van der Waals surface area contributed by atoms with Crippen LogP contribution < -0.4 is 5.32 Å². The molecule has 2 aromatic rings. The lowest BCUT2D eigenvalue weighted by Gasteiger charge is -2.04. The molecule has 0 saturated heterocycles. The first-order valence-corrected chi connectivity index (χ1v) is 6.70. The first-order chi connectivity index (χ1) is 9.06. The van der Waals surface area contributed by atoms with Gasteiger partial charge in [-0.3, -0.25) is 4.79 Å². The quantitative estimate of drug-likeness (QED) is 0.796. The summed E-state index contributed by atoms with van der Waals surface area (Å²) in [6.45, 7) is 2.12. The summed E-state index contributed by atoms with van der Waals surface area (Å²) in [4.78, 5) is 15.9. The van der Waals surface area contributed by atoms with Crippen LogP contribution in [-0.4, -0.2) is 27.7 Å². The molecule has 0 aliphatic carbocycles. The average Bonchev–Trinajstić information content (AvgIpc) is 2.78. The molecule has 100 valence electrons. The zero-order valence-corrected chi connectivity index (χ0v) is 12.3. The van der Waals surface area contributed by atoms with Crippen LogP contribution in [0.1, 0.15) is 22.1 Å². The summed E-state index contributed by atoms with van der Waals surface area (Å²) in [6, 6.07) is 4.79. The van der Waals surface area contributed by atoms with Gasteiger partial charge in [-0.2, -0.15) is 4.98 Å². The highest BCUT2D eigenvalue weighted by Gasteiger charge is 2.08. The van der Waals surface area contributed by atoms with E-state index < -0.39 is 0 Å². The van der Waals surface area contributed by atoms with Crippen molar-refractivity contribution in [2.75, 3.05) is 6.54 Å². The van der Waals surface area contributed by atoms with Gasteiger partial charge < -0.3 is 14.9 Å². The highest BCUT2D eigenvalue weighted by atomic mass is 127. The Morgan fingerprint density at radius 1 is 1.53 bits per heavy atom. The number of aryl methyl sites for hydroxylation is 1. The summed E-state index contributed by atoms with van der Waals surface area (Å²) in [5, 5.41) is 16.0. The lowest BCUT2D eigenvalue weighted by atomic mass is 10.2. The number of carbonyl (C=O) groups is 1. The second-order valence-electron chi connectivity index (χ2n) is 3.90. The van der Waals surface area contributed by atoms with Crippen molar-refractivity contribution in [2.24, 2.45) is 0 Å². The van der Waals surface area contributed by atoms with E-state index in [2.05, 4.69) is 15.5 Å². The number of hydrogen-bond donors (Lipinski definition) is 2. The molecule has 2 rings (SSSR count). The minimum atomic E-state index is -0.244. The van der Waals surface area contributed by atoms with E-state index in [1.807, 2.05) is 22.6 Å². The Balaban J connectivity index is 1.89. The minimum absolute atomic E-state index is 0.0991. The Morgan fingerprint density at radius 2 is 2.32 bits per heavy atom. The van der Waals surface area contributed by atoms with E-state index in [-0.39, 0.29) is 11.7 Å². The Labute approximate surface area is 123 Å². The number of halogens is 1. The van der Waals surface area contributed by atoms with Gasteiger partial charge in [0.2, 0.25) is 5.89 Å². The zero-order chi connectivity index (χ0) is 13.8. The van der Waals surface area contributed by atoms with Gasteiger partial charge in [-0.1, -0.05) is 5.16 Å². The van der Waals surface area contributed by atoms with E-state index in [0.29, 0.717) is 33.8 Å². The molecule has 0 bridgehead atoms. The van der Waals surface area contributed by atoms with Gasteiger partial charge in [0.05, 0.1) is 3.57 Å². The maximum atomic E-state index is 11.8. The van der Waals surface area contributed by atoms with Gasteiger partial charge in [-0.25, -0.2) is 0 Å². The highest BCUT2D eigenvalue weighted by molar-refractivity contribution is 14.1. The number of nitrogens with one attached hydrogen (secondary N) is 1. The molecule has 0 fully saturated rings. The number of amides is 1. The largest absolute Gasteiger partial charge is 0.507 e. The van der Waals surface area contributed by atoms with Crippen molar-refractivity contribution in [1.82, 2.24) is 15.5 Å². The summed E-state index contributed by atoms with van der Waals surface area (Å²) in [7, 11) is 0. The van der Waals surface area contributed by atoms with Gasteiger partial charge in [0.25, 0.3) is 5.91 Å². The third kappa shape index (κ3) is 3.66. The van der Waals surface area contributed by atoms with Crippen molar-refractivity contribution in [2.45, 2.75) is 13.3 Å². The lowest BCUT2D eigenvalue weighted by Crippen LogP contribution is -2.25. The van der Waals surface area contributed by atoms with Crippen molar-refractivity contribution in [1.29, 1.82) is 0 Å². The van der Waals surface area contributed by atoms with Gasteiger partial charge in [-0.05, 0) is 40.8 Å². The number of aromatic nitrogens is 2. The van der Waals surface area contributed by atoms with Gasteiger partial charge in [-0.15, -0.1) is 0 Å². The fraction of sp³-hybridized carbons (Fsp3) is 0.250. The predicted molar refractivity (Wildman–Crippen MR) is 75.9 cm³/mol. The molecule has 7 heteroatoms.